The van der Waals surface area contributed by atoms with Crippen molar-refractivity contribution in [1.82, 2.24) is 0 Å². The number of rotatable bonds is 2. The van der Waals surface area contributed by atoms with Gasteiger partial charge in [0.15, 0.2) is 0 Å². The lowest BCUT2D eigenvalue weighted by Gasteiger charge is -2.18. The van der Waals surface area contributed by atoms with Crippen LogP contribution in [0.5, 0.6) is 0 Å². The summed E-state index contributed by atoms with van der Waals surface area (Å²) < 4.78 is 0.232. The van der Waals surface area contributed by atoms with Crippen molar-refractivity contribution in [2.24, 2.45) is 0 Å². The summed E-state index contributed by atoms with van der Waals surface area (Å²) in [5.41, 5.74) is 6.68. The molecule has 0 aliphatic heterocycles. The van der Waals surface area contributed by atoms with Gasteiger partial charge in [0.25, 0.3) is 0 Å². The minimum Gasteiger partial charge on any atom is -0.398 e. The second kappa shape index (κ2) is 3.44. The first kappa shape index (κ1) is 9.52. The molecule has 1 aromatic carbocycles. The zero-order valence-electron chi connectivity index (χ0n) is 7.79. The Bertz CT molecular complexity index is 267. The van der Waals surface area contributed by atoms with Gasteiger partial charge in [-0.15, -0.1) is 11.8 Å². The van der Waals surface area contributed by atoms with Gasteiger partial charge in [-0.2, -0.15) is 0 Å². The molecule has 0 fully saturated rings. The van der Waals surface area contributed by atoms with Crippen molar-refractivity contribution in [2.45, 2.75) is 23.4 Å². The average Bonchev–Trinajstić information content (AvgIpc) is 1.91. The van der Waals surface area contributed by atoms with Gasteiger partial charge in [-0.3, -0.25) is 0 Å². The maximum Gasteiger partial charge on any atom is 0.122 e. The zero-order valence-corrected chi connectivity index (χ0v) is 8.61. The first-order valence-electron chi connectivity index (χ1n) is 4.02. The van der Waals surface area contributed by atoms with Crippen LogP contribution in [-0.2, 0) is 0 Å². The molecule has 0 unspecified atom stereocenters. The molecule has 0 radical (unpaired) electrons. The number of para-hydroxylation sites is 1. The van der Waals surface area contributed by atoms with Crippen molar-refractivity contribution in [3.8, 4) is 0 Å². The molecule has 0 amide bonds. The number of hydrogen-bond acceptors (Lipinski definition) is 2. The normalized spacial score (nSPS) is 11.5. The highest BCUT2D eigenvalue weighted by Crippen LogP contribution is 2.33. The molecule has 1 rings (SSSR count). The number of hydrogen-bond donors (Lipinski definition) is 1. The van der Waals surface area contributed by atoms with Crippen LogP contribution in [-0.4, -0.2) is 12.5 Å². The Hall–Kier alpha value is -0.565. The fraction of sp³-hybridized carbons (Fsp3) is 0.333. The fourth-order valence-electron chi connectivity index (χ4n) is 0.903. The predicted molar refractivity (Wildman–Crippen MR) is 59.3 cm³/mol. The fourth-order valence-corrected chi connectivity index (χ4v) is 1.90. The van der Waals surface area contributed by atoms with Gasteiger partial charge in [0.2, 0.25) is 0 Å². The first-order chi connectivity index (χ1) is 5.49. The summed E-state index contributed by atoms with van der Waals surface area (Å²) in [4.78, 5) is 1.17. The molecule has 0 heterocycles. The van der Waals surface area contributed by atoms with Crippen LogP contribution < -0.4 is 5.73 Å². The summed E-state index contributed by atoms with van der Waals surface area (Å²) in [7, 11) is 2.18. The van der Waals surface area contributed by atoms with E-state index in [4.69, 9.17) is 5.73 Å². The Labute approximate surface area is 79.1 Å². The van der Waals surface area contributed by atoms with Crippen molar-refractivity contribution >= 4 is 25.3 Å². The van der Waals surface area contributed by atoms with Crippen molar-refractivity contribution < 1.29 is 0 Å². The molecule has 0 aliphatic carbocycles. The Morgan fingerprint density at radius 3 is 2.42 bits per heavy atom. The van der Waals surface area contributed by atoms with Crippen molar-refractivity contribution in [1.29, 1.82) is 0 Å². The summed E-state index contributed by atoms with van der Waals surface area (Å²) in [5.74, 6) is 0. The van der Waals surface area contributed by atoms with Crippen LogP contribution >= 0.6 is 11.8 Å². The molecule has 0 saturated heterocycles. The highest BCUT2D eigenvalue weighted by Gasteiger charge is 2.13. The topological polar surface area (TPSA) is 26.0 Å². The molecule has 1 aromatic rings. The summed E-state index contributed by atoms with van der Waals surface area (Å²) in [6.45, 7) is 4.37. The third-order valence-electron chi connectivity index (χ3n) is 1.34. The van der Waals surface area contributed by atoms with E-state index in [1.54, 1.807) is 11.8 Å². The summed E-state index contributed by atoms with van der Waals surface area (Å²) in [5, 5.41) is 0. The van der Waals surface area contributed by atoms with Gasteiger partial charge in [-0.05, 0) is 16.8 Å². The van der Waals surface area contributed by atoms with Crippen molar-refractivity contribution in [3.05, 3.63) is 24.3 Å². The van der Waals surface area contributed by atoms with E-state index in [0.29, 0.717) is 0 Å². The molecule has 12 heavy (non-hydrogen) atoms. The lowest BCUT2D eigenvalue weighted by atomic mass is 9.91. The molecule has 0 saturated carbocycles. The van der Waals surface area contributed by atoms with E-state index in [-0.39, 0.29) is 4.65 Å². The smallest absolute Gasteiger partial charge is 0.122 e. The Morgan fingerprint density at radius 1 is 1.33 bits per heavy atom. The van der Waals surface area contributed by atoms with Crippen LogP contribution in [0, 0.1) is 0 Å². The Morgan fingerprint density at radius 2 is 1.92 bits per heavy atom. The molecule has 0 bridgehead atoms. The molecule has 0 spiro atoms. The third kappa shape index (κ3) is 2.82. The van der Waals surface area contributed by atoms with Gasteiger partial charge in [0.1, 0.15) is 7.85 Å². The Balaban J connectivity index is 2.83. The second-order valence-electron chi connectivity index (χ2n) is 3.75. The van der Waals surface area contributed by atoms with Crippen LogP contribution in [0.25, 0.3) is 0 Å². The zero-order chi connectivity index (χ0) is 9.19. The number of nitrogen functional groups attached to an aromatic ring is 1. The van der Waals surface area contributed by atoms with Crippen LogP contribution in [0.2, 0.25) is 0 Å². The second-order valence-corrected chi connectivity index (χ2v) is 5.62. The third-order valence-corrected chi connectivity index (χ3v) is 2.54. The molecule has 2 N–H and O–H groups in total. The minimum atomic E-state index is 0.232. The maximum absolute atomic E-state index is 5.81. The molecule has 1 nitrogen and oxygen atoms in total. The molecule has 0 aromatic heterocycles. The number of nitrogens with two attached hydrogens (primary N) is 1. The number of benzene rings is 1. The van der Waals surface area contributed by atoms with Gasteiger partial charge < -0.3 is 5.73 Å². The van der Waals surface area contributed by atoms with E-state index < -0.39 is 0 Å². The average molecular weight is 179 g/mol. The monoisotopic (exact) mass is 179 g/mol. The van der Waals surface area contributed by atoms with Gasteiger partial charge in [0.05, 0.1) is 0 Å². The molecular formula is C9H14BNS. The van der Waals surface area contributed by atoms with Crippen LogP contribution in [0.4, 0.5) is 5.69 Å². The van der Waals surface area contributed by atoms with E-state index in [1.807, 2.05) is 18.2 Å². The Kier molecular flexibility index (Phi) is 2.73. The quantitative estimate of drug-likeness (QED) is 0.425. The summed E-state index contributed by atoms with van der Waals surface area (Å²) in [6, 6.07) is 7.98. The first-order valence-corrected chi connectivity index (χ1v) is 4.84. The van der Waals surface area contributed by atoms with E-state index in [2.05, 4.69) is 27.8 Å². The van der Waals surface area contributed by atoms with E-state index in [9.17, 15) is 0 Å². The minimum absolute atomic E-state index is 0.232. The molecule has 64 valence electrons. The molecule has 0 aliphatic rings. The standard InChI is InChI=1S/C9H14BNS/c1-9(2,10)12-8-6-4-3-5-7(8)11/h3-6H,10-11H2,1-2H3. The maximum atomic E-state index is 5.81. The molecule has 0 atom stereocenters. The highest BCUT2D eigenvalue weighted by atomic mass is 32.2. The predicted octanol–water partition coefficient (Wildman–Crippen LogP) is 1.73. The van der Waals surface area contributed by atoms with Gasteiger partial charge in [-0.25, -0.2) is 0 Å². The molecule has 3 heteroatoms. The largest absolute Gasteiger partial charge is 0.398 e. The SMILES string of the molecule is BC(C)(C)Sc1ccccc1N. The van der Waals surface area contributed by atoms with E-state index in [0.717, 1.165) is 5.69 Å². The summed E-state index contributed by atoms with van der Waals surface area (Å²) >= 11 is 1.80. The van der Waals surface area contributed by atoms with Crippen LogP contribution in [0.1, 0.15) is 13.8 Å². The molecular weight excluding hydrogens is 165 g/mol. The van der Waals surface area contributed by atoms with Gasteiger partial charge >= 0.3 is 0 Å². The van der Waals surface area contributed by atoms with E-state index in [1.165, 1.54) is 4.90 Å². The lowest BCUT2D eigenvalue weighted by molar-refractivity contribution is 1.01. The van der Waals surface area contributed by atoms with Crippen molar-refractivity contribution in [2.75, 3.05) is 5.73 Å². The number of anilines is 1. The number of thioether (sulfide) groups is 1. The lowest BCUT2D eigenvalue weighted by Crippen LogP contribution is -2.13. The van der Waals surface area contributed by atoms with E-state index >= 15 is 0 Å². The summed E-state index contributed by atoms with van der Waals surface area (Å²) in [6.07, 6.45) is 0. The van der Waals surface area contributed by atoms with Crippen LogP contribution in [0.3, 0.4) is 0 Å². The van der Waals surface area contributed by atoms with Crippen LogP contribution in [0.15, 0.2) is 29.2 Å². The van der Waals surface area contributed by atoms with Gasteiger partial charge in [-0.1, -0.05) is 26.0 Å². The van der Waals surface area contributed by atoms with Gasteiger partial charge in [0, 0.05) is 10.6 Å². The highest BCUT2D eigenvalue weighted by molar-refractivity contribution is 8.01. The van der Waals surface area contributed by atoms with Crippen molar-refractivity contribution in [3.63, 3.8) is 0 Å².